The van der Waals surface area contributed by atoms with E-state index in [0.717, 1.165) is 18.4 Å². The van der Waals surface area contributed by atoms with E-state index in [1.807, 2.05) is 43.3 Å². The third-order valence-corrected chi connectivity index (χ3v) is 4.25. The Balaban J connectivity index is 2.27. The van der Waals surface area contributed by atoms with Crippen LogP contribution < -0.4 is 5.32 Å². The van der Waals surface area contributed by atoms with Crippen LogP contribution in [0.15, 0.2) is 54.1 Å². The van der Waals surface area contributed by atoms with Gasteiger partial charge in [-0.05, 0) is 29.7 Å². The van der Waals surface area contributed by atoms with Gasteiger partial charge in [-0.2, -0.15) is 5.26 Å². The van der Waals surface area contributed by atoms with Gasteiger partial charge in [0.2, 0.25) is 0 Å². The van der Waals surface area contributed by atoms with E-state index >= 15 is 0 Å². The number of carbonyl (C=O) groups excluding carboxylic acids is 1. The van der Waals surface area contributed by atoms with Crippen molar-refractivity contribution in [3.05, 3.63) is 80.4 Å². The Morgan fingerprint density at radius 2 is 2.04 bits per heavy atom. The monoisotopic (exact) mass is 383 g/mol. The molecule has 0 saturated carbocycles. The number of amides is 1. The number of nitrogens with one attached hydrogen (secondary N) is 1. The van der Waals surface area contributed by atoms with Crippen LogP contribution in [0.2, 0.25) is 5.02 Å². The highest BCUT2D eigenvalue weighted by atomic mass is 35.5. The van der Waals surface area contributed by atoms with Gasteiger partial charge in [0.05, 0.1) is 11.0 Å². The predicted molar refractivity (Wildman–Crippen MR) is 104 cm³/mol. The van der Waals surface area contributed by atoms with Crippen LogP contribution in [-0.2, 0) is 4.79 Å². The van der Waals surface area contributed by atoms with Crippen molar-refractivity contribution in [1.82, 2.24) is 5.32 Å². The minimum Gasteiger partial charge on any atom is -0.345 e. The number of nitrogens with zero attached hydrogens (tertiary/aromatic N) is 2. The minimum atomic E-state index is -0.613. The van der Waals surface area contributed by atoms with Crippen LogP contribution in [0.1, 0.15) is 36.9 Å². The first kappa shape index (κ1) is 20.1. The molecule has 0 heterocycles. The Kier molecular flexibility index (Phi) is 7.09. The summed E-state index contributed by atoms with van der Waals surface area (Å²) in [6.07, 6.45) is 2.89. The summed E-state index contributed by atoms with van der Waals surface area (Å²) in [6.45, 7) is 2.01. The Morgan fingerprint density at radius 3 is 2.63 bits per heavy atom. The SMILES string of the molecule is CCC[C@H](NC(=O)/C(C#N)=C/c1ccc(Cl)c([N+](=O)[O-])c1)c1ccccc1. The molecular formula is C20H18ClN3O3. The number of nitro benzene ring substituents is 1. The molecule has 138 valence electrons. The van der Waals surface area contributed by atoms with Crippen LogP contribution in [-0.4, -0.2) is 10.8 Å². The van der Waals surface area contributed by atoms with Gasteiger partial charge < -0.3 is 5.32 Å². The molecule has 0 aliphatic rings. The third-order valence-electron chi connectivity index (χ3n) is 3.93. The van der Waals surface area contributed by atoms with E-state index in [9.17, 15) is 20.2 Å². The van der Waals surface area contributed by atoms with Gasteiger partial charge in [-0.1, -0.05) is 61.3 Å². The first-order valence-corrected chi connectivity index (χ1v) is 8.75. The number of nitriles is 1. The molecule has 2 aromatic rings. The van der Waals surface area contributed by atoms with E-state index in [-0.39, 0.29) is 22.3 Å². The fraction of sp³-hybridized carbons (Fsp3) is 0.200. The molecule has 0 saturated heterocycles. The topological polar surface area (TPSA) is 96.0 Å². The highest BCUT2D eigenvalue weighted by Gasteiger charge is 2.18. The summed E-state index contributed by atoms with van der Waals surface area (Å²) in [5, 5.41) is 23.2. The molecule has 0 bridgehead atoms. The average Bonchev–Trinajstić information content (AvgIpc) is 2.67. The maximum absolute atomic E-state index is 12.6. The second kappa shape index (κ2) is 9.51. The summed E-state index contributed by atoms with van der Waals surface area (Å²) < 4.78 is 0. The fourth-order valence-corrected chi connectivity index (χ4v) is 2.79. The van der Waals surface area contributed by atoms with Crippen molar-refractivity contribution >= 4 is 29.3 Å². The molecule has 2 aromatic carbocycles. The zero-order valence-corrected chi connectivity index (χ0v) is 15.4. The number of carbonyl (C=O) groups is 1. The highest BCUT2D eigenvalue weighted by Crippen LogP contribution is 2.26. The molecular weight excluding hydrogens is 366 g/mol. The second-order valence-corrected chi connectivity index (χ2v) is 6.27. The van der Waals surface area contributed by atoms with Gasteiger partial charge in [-0.25, -0.2) is 0 Å². The summed E-state index contributed by atoms with van der Waals surface area (Å²) in [5.41, 5.74) is 0.886. The molecule has 0 unspecified atom stereocenters. The lowest BCUT2D eigenvalue weighted by Crippen LogP contribution is -2.29. The Morgan fingerprint density at radius 1 is 1.33 bits per heavy atom. The van der Waals surface area contributed by atoms with Crippen molar-refractivity contribution < 1.29 is 9.72 Å². The fourth-order valence-electron chi connectivity index (χ4n) is 2.61. The minimum absolute atomic E-state index is 0.00723. The van der Waals surface area contributed by atoms with Crippen LogP contribution in [0.4, 0.5) is 5.69 Å². The third kappa shape index (κ3) is 5.40. The Bertz CT molecular complexity index is 904. The molecule has 0 radical (unpaired) electrons. The maximum atomic E-state index is 12.6. The molecule has 0 fully saturated rings. The van der Waals surface area contributed by atoms with Crippen LogP contribution >= 0.6 is 11.6 Å². The van der Waals surface area contributed by atoms with E-state index in [1.165, 1.54) is 24.3 Å². The second-order valence-electron chi connectivity index (χ2n) is 5.86. The summed E-state index contributed by atoms with van der Waals surface area (Å²) in [4.78, 5) is 22.9. The van der Waals surface area contributed by atoms with Crippen molar-refractivity contribution in [3.8, 4) is 6.07 Å². The van der Waals surface area contributed by atoms with Crippen molar-refractivity contribution in [1.29, 1.82) is 5.26 Å². The van der Waals surface area contributed by atoms with Gasteiger partial charge in [0.1, 0.15) is 16.7 Å². The summed E-state index contributed by atoms with van der Waals surface area (Å²) in [6, 6.07) is 15.2. The standard InChI is InChI=1S/C20H18ClN3O3/c1-2-6-18(15-7-4-3-5-8-15)23-20(25)16(13-22)11-14-9-10-17(21)19(12-14)24(26)27/h3-5,7-12,18H,2,6H2,1H3,(H,23,25)/b16-11+/t18-/m0/s1. The summed E-state index contributed by atoms with van der Waals surface area (Å²) >= 11 is 5.79. The zero-order valence-electron chi connectivity index (χ0n) is 14.7. The number of nitro groups is 1. The Hall–Kier alpha value is -3.17. The van der Waals surface area contributed by atoms with Crippen LogP contribution in [0.3, 0.4) is 0 Å². The van der Waals surface area contributed by atoms with E-state index < -0.39 is 10.8 Å². The average molecular weight is 384 g/mol. The van der Waals surface area contributed by atoms with E-state index in [2.05, 4.69) is 5.32 Å². The normalized spacial score (nSPS) is 12.1. The Labute approximate surface area is 162 Å². The quantitative estimate of drug-likeness (QED) is 0.321. The smallest absolute Gasteiger partial charge is 0.288 e. The molecule has 1 N–H and O–H groups in total. The molecule has 1 atom stereocenters. The van der Waals surface area contributed by atoms with Crippen molar-refractivity contribution in [2.24, 2.45) is 0 Å². The van der Waals surface area contributed by atoms with Crippen LogP contribution in [0.5, 0.6) is 0 Å². The molecule has 1 amide bonds. The van der Waals surface area contributed by atoms with Gasteiger partial charge in [-0.15, -0.1) is 0 Å². The van der Waals surface area contributed by atoms with Crippen LogP contribution in [0, 0.1) is 21.4 Å². The van der Waals surface area contributed by atoms with Gasteiger partial charge in [0.15, 0.2) is 0 Å². The largest absolute Gasteiger partial charge is 0.345 e. The first-order chi connectivity index (χ1) is 13.0. The van der Waals surface area contributed by atoms with Gasteiger partial charge in [-0.3, -0.25) is 14.9 Å². The number of hydrogen-bond donors (Lipinski definition) is 1. The van der Waals surface area contributed by atoms with E-state index in [4.69, 9.17) is 11.6 Å². The number of hydrogen-bond acceptors (Lipinski definition) is 4. The predicted octanol–water partition coefficient (Wildman–Crippen LogP) is 4.81. The van der Waals surface area contributed by atoms with Gasteiger partial charge in [0.25, 0.3) is 11.6 Å². The lowest BCUT2D eigenvalue weighted by molar-refractivity contribution is -0.384. The van der Waals surface area contributed by atoms with E-state index in [0.29, 0.717) is 5.56 Å². The highest BCUT2D eigenvalue weighted by molar-refractivity contribution is 6.32. The zero-order chi connectivity index (χ0) is 19.8. The molecule has 0 aromatic heterocycles. The molecule has 27 heavy (non-hydrogen) atoms. The van der Waals surface area contributed by atoms with E-state index in [1.54, 1.807) is 0 Å². The van der Waals surface area contributed by atoms with Gasteiger partial charge >= 0.3 is 0 Å². The van der Waals surface area contributed by atoms with Crippen molar-refractivity contribution in [3.63, 3.8) is 0 Å². The molecule has 0 aliphatic heterocycles. The first-order valence-electron chi connectivity index (χ1n) is 8.37. The van der Waals surface area contributed by atoms with Gasteiger partial charge in [0, 0.05) is 6.07 Å². The number of halogens is 1. The molecule has 6 nitrogen and oxygen atoms in total. The van der Waals surface area contributed by atoms with Crippen molar-refractivity contribution in [2.45, 2.75) is 25.8 Å². The molecule has 2 rings (SSSR count). The van der Waals surface area contributed by atoms with Crippen molar-refractivity contribution in [2.75, 3.05) is 0 Å². The molecule has 0 spiro atoms. The lowest BCUT2D eigenvalue weighted by Gasteiger charge is -2.18. The molecule has 0 aliphatic carbocycles. The van der Waals surface area contributed by atoms with Crippen LogP contribution in [0.25, 0.3) is 6.08 Å². The summed E-state index contributed by atoms with van der Waals surface area (Å²) in [7, 11) is 0. The maximum Gasteiger partial charge on any atom is 0.288 e. The number of benzene rings is 2. The molecule has 7 heteroatoms. The summed E-state index contributed by atoms with van der Waals surface area (Å²) in [5.74, 6) is -0.530. The lowest BCUT2D eigenvalue weighted by atomic mass is 10.0. The number of rotatable bonds is 7.